The number of aromatic nitrogens is 2. The monoisotopic (exact) mass is 340 g/mol. The summed E-state index contributed by atoms with van der Waals surface area (Å²) in [5, 5.41) is 2.51. The zero-order valence-corrected chi connectivity index (χ0v) is 15.2. The molecule has 0 fully saturated rings. The third kappa shape index (κ3) is 3.02. The van der Waals surface area contributed by atoms with E-state index in [0.29, 0.717) is 0 Å². The second kappa shape index (κ2) is 6.25. The highest BCUT2D eigenvalue weighted by Crippen LogP contribution is 2.40. The first-order valence-electron chi connectivity index (χ1n) is 8.18. The van der Waals surface area contributed by atoms with Gasteiger partial charge in [-0.1, -0.05) is 29.8 Å². The first kappa shape index (κ1) is 15.2. The van der Waals surface area contributed by atoms with Crippen molar-refractivity contribution in [3.63, 3.8) is 0 Å². The highest BCUT2D eigenvalue weighted by atomic mass is 32.2. The Bertz CT molecular complexity index is 850. The Labute approximate surface area is 145 Å². The summed E-state index contributed by atoms with van der Waals surface area (Å²) in [6, 6.07) is 8.81. The van der Waals surface area contributed by atoms with Crippen molar-refractivity contribution in [2.45, 2.75) is 50.3 Å². The van der Waals surface area contributed by atoms with Crippen LogP contribution < -0.4 is 0 Å². The first-order valence-corrected chi connectivity index (χ1v) is 9.98. The summed E-state index contributed by atoms with van der Waals surface area (Å²) < 4.78 is 0. The first-order chi connectivity index (χ1) is 11.2. The molecular formula is C19H20N2S2. The van der Waals surface area contributed by atoms with Crippen molar-refractivity contribution in [3.8, 4) is 0 Å². The molecule has 2 nitrogen and oxygen atoms in total. The highest BCUT2D eigenvalue weighted by Gasteiger charge is 2.20. The number of aryl methyl sites for hydroxylation is 4. The summed E-state index contributed by atoms with van der Waals surface area (Å²) in [5.41, 5.74) is 4.20. The maximum absolute atomic E-state index is 4.77. The second-order valence-electron chi connectivity index (χ2n) is 6.24. The van der Waals surface area contributed by atoms with Crippen LogP contribution in [0.25, 0.3) is 10.2 Å². The molecule has 1 aliphatic carbocycles. The molecule has 0 amide bonds. The standard InChI is InChI=1S/C19H20N2S2/c1-12-7-9-14(10-8-12)11-22-18-17-15-5-3-4-6-16(15)23-19(17)21-13(2)20-18/h7-10H,3-6,11H2,1-2H3. The Hall–Kier alpha value is -1.39. The van der Waals surface area contributed by atoms with E-state index >= 15 is 0 Å². The van der Waals surface area contributed by atoms with Crippen molar-refractivity contribution in [1.29, 1.82) is 0 Å². The van der Waals surface area contributed by atoms with Crippen LogP contribution >= 0.6 is 23.1 Å². The molecule has 2 aromatic heterocycles. The van der Waals surface area contributed by atoms with Crippen LogP contribution in [-0.4, -0.2) is 9.97 Å². The molecule has 0 saturated carbocycles. The quantitative estimate of drug-likeness (QED) is 0.466. The Morgan fingerprint density at radius 1 is 1.04 bits per heavy atom. The molecule has 4 rings (SSSR count). The van der Waals surface area contributed by atoms with E-state index in [9.17, 15) is 0 Å². The van der Waals surface area contributed by atoms with Gasteiger partial charge in [-0.3, -0.25) is 0 Å². The Balaban J connectivity index is 1.70. The molecular weight excluding hydrogens is 320 g/mol. The van der Waals surface area contributed by atoms with Gasteiger partial charge in [0.1, 0.15) is 15.7 Å². The van der Waals surface area contributed by atoms with E-state index in [-0.39, 0.29) is 0 Å². The second-order valence-corrected chi connectivity index (χ2v) is 8.29. The van der Waals surface area contributed by atoms with Crippen LogP contribution in [-0.2, 0) is 18.6 Å². The molecule has 23 heavy (non-hydrogen) atoms. The lowest BCUT2D eigenvalue weighted by Gasteiger charge is -2.11. The van der Waals surface area contributed by atoms with Gasteiger partial charge in [0.15, 0.2) is 0 Å². The maximum Gasteiger partial charge on any atom is 0.128 e. The lowest BCUT2D eigenvalue weighted by Crippen LogP contribution is -1.99. The summed E-state index contributed by atoms with van der Waals surface area (Å²) in [5.74, 6) is 1.86. The van der Waals surface area contributed by atoms with E-state index in [0.717, 1.165) is 11.6 Å². The minimum atomic E-state index is 0.891. The highest BCUT2D eigenvalue weighted by molar-refractivity contribution is 7.98. The van der Waals surface area contributed by atoms with Crippen molar-refractivity contribution in [3.05, 3.63) is 51.7 Å². The number of hydrogen-bond acceptors (Lipinski definition) is 4. The predicted octanol–water partition coefficient (Wildman–Crippen LogP) is 5.48. The van der Waals surface area contributed by atoms with Gasteiger partial charge in [-0.25, -0.2) is 9.97 Å². The van der Waals surface area contributed by atoms with E-state index < -0.39 is 0 Å². The summed E-state index contributed by atoms with van der Waals surface area (Å²) in [4.78, 5) is 12.2. The minimum absolute atomic E-state index is 0.891. The third-order valence-electron chi connectivity index (χ3n) is 4.39. The van der Waals surface area contributed by atoms with Gasteiger partial charge in [-0.05, 0) is 50.7 Å². The van der Waals surface area contributed by atoms with Gasteiger partial charge >= 0.3 is 0 Å². The average molecular weight is 341 g/mol. The van der Waals surface area contributed by atoms with Gasteiger partial charge in [0.05, 0.1) is 0 Å². The number of benzene rings is 1. The fraction of sp³-hybridized carbons (Fsp3) is 0.368. The van der Waals surface area contributed by atoms with Crippen molar-refractivity contribution < 1.29 is 0 Å². The fourth-order valence-corrected chi connectivity index (χ4v) is 5.59. The number of fused-ring (bicyclic) bond motifs is 3. The van der Waals surface area contributed by atoms with Crippen molar-refractivity contribution in [2.75, 3.05) is 0 Å². The molecule has 2 heterocycles. The summed E-state index contributed by atoms with van der Waals surface area (Å²) in [6.07, 6.45) is 5.03. The Morgan fingerprint density at radius 3 is 2.65 bits per heavy atom. The number of thiophene rings is 1. The van der Waals surface area contributed by atoms with E-state index in [1.54, 1.807) is 4.88 Å². The molecule has 0 N–H and O–H groups in total. The summed E-state index contributed by atoms with van der Waals surface area (Å²) in [6.45, 7) is 4.14. The number of nitrogens with zero attached hydrogens (tertiary/aromatic N) is 2. The average Bonchev–Trinajstić information content (AvgIpc) is 2.92. The van der Waals surface area contributed by atoms with Crippen LogP contribution in [0.3, 0.4) is 0 Å². The van der Waals surface area contributed by atoms with Crippen molar-refractivity contribution >= 4 is 33.3 Å². The number of thioether (sulfide) groups is 1. The molecule has 4 heteroatoms. The molecule has 0 bridgehead atoms. The molecule has 0 saturated heterocycles. The number of rotatable bonds is 3. The van der Waals surface area contributed by atoms with Crippen LogP contribution in [0.5, 0.6) is 0 Å². The summed E-state index contributed by atoms with van der Waals surface area (Å²) >= 11 is 3.74. The van der Waals surface area contributed by atoms with Crippen LogP contribution in [0.15, 0.2) is 29.3 Å². The smallest absolute Gasteiger partial charge is 0.128 e. The zero-order chi connectivity index (χ0) is 15.8. The normalized spacial score (nSPS) is 14.2. The number of hydrogen-bond donors (Lipinski definition) is 0. The third-order valence-corrected chi connectivity index (χ3v) is 6.62. The molecule has 1 aromatic carbocycles. The van der Waals surface area contributed by atoms with E-state index in [1.807, 2.05) is 30.0 Å². The Kier molecular flexibility index (Phi) is 4.12. The predicted molar refractivity (Wildman–Crippen MR) is 99.5 cm³/mol. The minimum Gasteiger partial charge on any atom is -0.226 e. The van der Waals surface area contributed by atoms with Crippen LogP contribution in [0.4, 0.5) is 0 Å². The van der Waals surface area contributed by atoms with Gasteiger partial charge in [-0.2, -0.15) is 0 Å². The SMILES string of the molecule is Cc1ccc(CSc2nc(C)nc3sc4c(c23)CCCC4)cc1. The van der Waals surface area contributed by atoms with Crippen molar-refractivity contribution in [1.82, 2.24) is 9.97 Å². The van der Waals surface area contributed by atoms with Crippen molar-refractivity contribution in [2.24, 2.45) is 0 Å². The fourth-order valence-electron chi connectivity index (χ4n) is 3.17. The van der Waals surface area contributed by atoms with Gasteiger partial charge < -0.3 is 0 Å². The van der Waals surface area contributed by atoms with Crippen LogP contribution in [0, 0.1) is 13.8 Å². The molecule has 0 unspecified atom stereocenters. The van der Waals surface area contributed by atoms with E-state index in [1.165, 1.54) is 57.6 Å². The zero-order valence-electron chi connectivity index (χ0n) is 13.6. The molecule has 0 atom stereocenters. The van der Waals surface area contributed by atoms with Crippen LogP contribution in [0.2, 0.25) is 0 Å². The van der Waals surface area contributed by atoms with Gasteiger partial charge in [0.25, 0.3) is 0 Å². The molecule has 3 aromatic rings. The molecule has 118 valence electrons. The van der Waals surface area contributed by atoms with E-state index in [2.05, 4.69) is 31.2 Å². The van der Waals surface area contributed by atoms with Gasteiger partial charge in [0.2, 0.25) is 0 Å². The topological polar surface area (TPSA) is 25.8 Å². The van der Waals surface area contributed by atoms with E-state index in [4.69, 9.17) is 9.97 Å². The molecule has 0 radical (unpaired) electrons. The van der Waals surface area contributed by atoms with Gasteiger partial charge in [-0.15, -0.1) is 23.1 Å². The largest absolute Gasteiger partial charge is 0.226 e. The van der Waals surface area contributed by atoms with Crippen LogP contribution in [0.1, 0.15) is 40.2 Å². The maximum atomic E-state index is 4.77. The molecule has 1 aliphatic rings. The lowest BCUT2D eigenvalue weighted by molar-refractivity contribution is 0.699. The summed E-state index contributed by atoms with van der Waals surface area (Å²) in [7, 11) is 0. The Morgan fingerprint density at radius 2 is 1.83 bits per heavy atom. The lowest BCUT2D eigenvalue weighted by atomic mass is 9.97. The molecule has 0 aliphatic heterocycles. The molecule has 0 spiro atoms. The van der Waals surface area contributed by atoms with Gasteiger partial charge in [0, 0.05) is 16.0 Å².